The summed E-state index contributed by atoms with van der Waals surface area (Å²) in [5.74, 6) is 1.94. The van der Waals surface area contributed by atoms with Crippen molar-refractivity contribution in [2.24, 2.45) is 0 Å². The van der Waals surface area contributed by atoms with Crippen molar-refractivity contribution in [1.82, 2.24) is 19.7 Å². The van der Waals surface area contributed by atoms with Crippen LogP contribution in [-0.4, -0.2) is 31.4 Å². The molecule has 1 unspecified atom stereocenters. The topological polar surface area (TPSA) is 81.9 Å². The van der Waals surface area contributed by atoms with Gasteiger partial charge in [0, 0.05) is 17.5 Å². The highest BCUT2D eigenvalue weighted by Gasteiger charge is 2.20. The number of allylic oxidation sites excluding steroid dienone is 1. The Hall–Kier alpha value is -3.43. The van der Waals surface area contributed by atoms with Crippen LogP contribution < -0.4 is 10.1 Å². The zero-order valence-electron chi connectivity index (χ0n) is 20.5. The Kier molecular flexibility index (Phi) is 8.56. The minimum Gasteiger partial charge on any atom is -0.483 e. The number of carbonyl (C=O) groups excluding carboxylic acids is 1. The minimum atomic E-state index is -0.322. The van der Waals surface area contributed by atoms with E-state index in [2.05, 4.69) is 53.1 Å². The van der Waals surface area contributed by atoms with Crippen molar-refractivity contribution >= 4 is 34.1 Å². The number of hydrogen-bond donors (Lipinski definition) is 1. The molecule has 0 fully saturated rings. The summed E-state index contributed by atoms with van der Waals surface area (Å²) in [6, 6.07) is 18.0. The molecular weight excluding hydrogens is 490 g/mol. The van der Waals surface area contributed by atoms with Gasteiger partial charge in [-0.3, -0.25) is 9.36 Å². The van der Waals surface area contributed by atoms with Crippen LogP contribution in [0.4, 0.5) is 5.13 Å². The first kappa shape index (κ1) is 25.7. The van der Waals surface area contributed by atoms with Crippen molar-refractivity contribution in [3.05, 3.63) is 84.0 Å². The third-order valence-electron chi connectivity index (χ3n) is 5.43. The van der Waals surface area contributed by atoms with E-state index in [1.165, 1.54) is 28.7 Å². The van der Waals surface area contributed by atoms with Crippen molar-refractivity contribution in [1.29, 1.82) is 0 Å². The van der Waals surface area contributed by atoms with Crippen LogP contribution in [0.25, 0.3) is 11.3 Å². The molecule has 7 nitrogen and oxygen atoms in total. The van der Waals surface area contributed by atoms with Gasteiger partial charge in [-0.15, -0.1) is 28.1 Å². The highest BCUT2D eigenvalue weighted by molar-refractivity contribution is 7.99. The predicted molar refractivity (Wildman–Crippen MR) is 147 cm³/mol. The number of nitrogens with one attached hydrogen (secondary N) is 1. The summed E-state index contributed by atoms with van der Waals surface area (Å²) in [5.41, 5.74) is 3.11. The van der Waals surface area contributed by atoms with Gasteiger partial charge in [-0.1, -0.05) is 74.1 Å². The van der Waals surface area contributed by atoms with E-state index in [4.69, 9.17) is 4.74 Å². The Balaban J connectivity index is 1.37. The van der Waals surface area contributed by atoms with E-state index in [0.717, 1.165) is 17.0 Å². The molecular formula is C27H29N5O2S2. The second kappa shape index (κ2) is 12.0. The summed E-state index contributed by atoms with van der Waals surface area (Å²) in [4.78, 5) is 17.1. The lowest BCUT2D eigenvalue weighted by Gasteiger charge is -2.16. The van der Waals surface area contributed by atoms with E-state index in [9.17, 15) is 4.79 Å². The van der Waals surface area contributed by atoms with Crippen molar-refractivity contribution in [3.8, 4) is 17.0 Å². The fourth-order valence-electron chi connectivity index (χ4n) is 3.55. The van der Waals surface area contributed by atoms with Gasteiger partial charge < -0.3 is 10.1 Å². The standard InChI is InChI=1S/C27H29N5O2S2/c1-5-15-32-25(19(4)34-22-13-11-20(12-14-22)18(2)3)30-31-27(32)36-17-24(33)29-26-28-23(16-35-26)21-9-7-6-8-10-21/h5-14,16,18-19H,1,15,17H2,2-4H3,(H,28,29,33). The molecule has 4 aromatic rings. The summed E-state index contributed by atoms with van der Waals surface area (Å²) in [7, 11) is 0. The lowest BCUT2D eigenvalue weighted by Crippen LogP contribution is -2.15. The van der Waals surface area contributed by atoms with E-state index >= 15 is 0 Å². The molecule has 36 heavy (non-hydrogen) atoms. The van der Waals surface area contributed by atoms with Crippen LogP contribution in [0.5, 0.6) is 5.75 Å². The number of amides is 1. The molecule has 2 aromatic carbocycles. The number of aromatic nitrogens is 4. The molecule has 0 saturated carbocycles. The normalized spacial score (nSPS) is 11.9. The maximum atomic E-state index is 12.6. The molecule has 0 bridgehead atoms. The lowest BCUT2D eigenvalue weighted by atomic mass is 10.0. The molecule has 0 spiro atoms. The number of hydrogen-bond acceptors (Lipinski definition) is 7. The SMILES string of the molecule is C=CCn1c(SCC(=O)Nc2nc(-c3ccccc3)cs2)nnc1C(C)Oc1ccc(C(C)C)cc1. The second-order valence-corrected chi connectivity index (χ2v) is 10.3. The molecule has 2 aromatic heterocycles. The number of benzene rings is 2. The first-order chi connectivity index (χ1) is 17.4. The van der Waals surface area contributed by atoms with Gasteiger partial charge in [-0.25, -0.2) is 4.98 Å². The molecule has 2 heterocycles. The Morgan fingerprint density at radius 1 is 1.14 bits per heavy atom. The molecule has 1 atom stereocenters. The summed E-state index contributed by atoms with van der Waals surface area (Å²) >= 11 is 2.72. The second-order valence-electron chi connectivity index (χ2n) is 8.46. The van der Waals surface area contributed by atoms with Gasteiger partial charge in [0.05, 0.1) is 11.4 Å². The van der Waals surface area contributed by atoms with Gasteiger partial charge in [0.25, 0.3) is 0 Å². The third kappa shape index (κ3) is 6.41. The Labute approximate surface area is 219 Å². The van der Waals surface area contributed by atoms with Gasteiger partial charge in [-0.05, 0) is 30.5 Å². The number of carbonyl (C=O) groups is 1. The van der Waals surface area contributed by atoms with Crippen LogP contribution >= 0.6 is 23.1 Å². The highest BCUT2D eigenvalue weighted by atomic mass is 32.2. The molecule has 0 radical (unpaired) electrons. The van der Waals surface area contributed by atoms with E-state index < -0.39 is 0 Å². The van der Waals surface area contributed by atoms with E-state index in [1.54, 1.807) is 6.08 Å². The quantitative estimate of drug-likeness (QED) is 0.178. The average molecular weight is 520 g/mol. The number of rotatable bonds is 11. The van der Waals surface area contributed by atoms with Crippen LogP contribution in [0.1, 0.15) is 44.2 Å². The van der Waals surface area contributed by atoms with Crippen LogP contribution in [-0.2, 0) is 11.3 Å². The number of ether oxygens (including phenoxy) is 1. The van der Waals surface area contributed by atoms with Gasteiger partial charge in [0.1, 0.15) is 5.75 Å². The average Bonchev–Trinajstić information content (AvgIpc) is 3.51. The summed E-state index contributed by atoms with van der Waals surface area (Å²) in [5, 5.41) is 14.7. The largest absolute Gasteiger partial charge is 0.483 e. The fourth-order valence-corrected chi connectivity index (χ4v) is 5.05. The van der Waals surface area contributed by atoms with Crippen molar-refractivity contribution in [2.45, 2.75) is 44.5 Å². The minimum absolute atomic E-state index is 0.154. The molecule has 0 saturated heterocycles. The fraction of sp³-hybridized carbons (Fsp3) is 0.259. The Morgan fingerprint density at radius 3 is 2.58 bits per heavy atom. The van der Waals surface area contributed by atoms with Crippen molar-refractivity contribution in [2.75, 3.05) is 11.1 Å². The maximum absolute atomic E-state index is 12.6. The van der Waals surface area contributed by atoms with Crippen LogP contribution in [0, 0.1) is 0 Å². The highest BCUT2D eigenvalue weighted by Crippen LogP contribution is 2.27. The monoisotopic (exact) mass is 519 g/mol. The number of anilines is 1. The predicted octanol–water partition coefficient (Wildman–Crippen LogP) is 6.58. The first-order valence-electron chi connectivity index (χ1n) is 11.7. The van der Waals surface area contributed by atoms with E-state index in [1.807, 2.05) is 59.3 Å². The number of thioether (sulfide) groups is 1. The molecule has 4 rings (SSSR count). The smallest absolute Gasteiger partial charge is 0.236 e. The molecule has 1 amide bonds. The lowest BCUT2D eigenvalue weighted by molar-refractivity contribution is -0.113. The van der Waals surface area contributed by atoms with Gasteiger partial charge in [0.15, 0.2) is 22.2 Å². The molecule has 0 aliphatic carbocycles. The van der Waals surface area contributed by atoms with Gasteiger partial charge in [0.2, 0.25) is 5.91 Å². The van der Waals surface area contributed by atoms with Crippen LogP contribution in [0.2, 0.25) is 0 Å². The molecule has 0 aliphatic rings. The van der Waals surface area contributed by atoms with E-state index in [-0.39, 0.29) is 17.8 Å². The van der Waals surface area contributed by atoms with Crippen molar-refractivity contribution in [3.63, 3.8) is 0 Å². The molecule has 186 valence electrons. The zero-order chi connectivity index (χ0) is 25.5. The summed E-state index contributed by atoms with van der Waals surface area (Å²) < 4.78 is 8.05. The molecule has 9 heteroatoms. The van der Waals surface area contributed by atoms with Gasteiger partial charge in [-0.2, -0.15) is 0 Å². The van der Waals surface area contributed by atoms with Crippen LogP contribution in [0.15, 0.2) is 77.8 Å². The number of nitrogens with zero attached hydrogens (tertiary/aromatic N) is 4. The molecule has 1 N–H and O–H groups in total. The first-order valence-corrected chi connectivity index (χ1v) is 13.5. The Morgan fingerprint density at radius 2 is 1.89 bits per heavy atom. The van der Waals surface area contributed by atoms with Crippen molar-refractivity contribution < 1.29 is 9.53 Å². The molecule has 0 aliphatic heterocycles. The van der Waals surface area contributed by atoms with Crippen LogP contribution in [0.3, 0.4) is 0 Å². The number of thiazole rings is 1. The Bertz CT molecular complexity index is 1300. The summed E-state index contributed by atoms with van der Waals surface area (Å²) in [6.07, 6.45) is 1.46. The summed E-state index contributed by atoms with van der Waals surface area (Å²) in [6.45, 7) is 10.6. The maximum Gasteiger partial charge on any atom is 0.236 e. The zero-order valence-corrected chi connectivity index (χ0v) is 22.2. The van der Waals surface area contributed by atoms with E-state index in [0.29, 0.717) is 28.6 Å². The van der Waals surface area contributed by atoms with Gasteiger partial charge >= 0.3 is 0 Å². The third-order valence-corrected chi connectivity index (χ3v) is 7.16.